The van der Waals surface area contributed by atoms with E-state index in [2.05, 4.69) is 10.1 Å². The number of Topliss-reactive ketones (excluding diaryl/α,β-unsaturated/α-hetero) is 1. The summed E-state index contributed by atoms with van der Waals surface area (Å²) in [6.07, 6.45) is 6.48. The van der Waals surface area contributed by atoms with E-state index in [1.54, 1.807) is 30.2 Å². The fourth-order valence-electron chi connectivity index (χ4n) is 1.55. The molecule has 0 aliphatic rings. The number of rotatable bonds is 4. The van der Waals surface area contributed by atoms with Gasteiger partial charge in [-0.3, -0.25) is 9.48 Å². The highest BCUT2D eigenvalue weighted by Gasteiger charge is 2.10. The van der Waals surface area contributed by atoms with Crippen LogP contribution in [0.4, 0.5) is 0 Å². The molecule has 0 aliphatic heterocycles. The molecule has 0 fully saturated rings. The third kappa shape index (κ3) is 2.18. The summed E-state index contributed by atoms with van der Waals surface area (Å²) in [5, 5.41) is 4.07. The summed E-state index contributed by atoms with van der Waals surface area (Å²) >= 11 is 0. The van der Waals surface area contributed by atoms with Gasteiger partial charge in [-0.15, -0.1) is 0 Å². The molecule has 0 saturated heterocycles. The molecule has 2 aromatic heterocycles. The van der Waals surface area contributed by atoms with Crippen LogP contribution < -0.4 is 0 Å². The van der Waals surface area contributed by atoms with Crippen LogP contribution in [0.5, 0.6) is 0 Å². The van der Waals surface area contributed by atoms with Crippen LogP contribution in [0.15, 0.2) is 24.7 Å². The Balaban J connectivity index is 1.96. The highest BCUT2D eigenvalue weighted by molar-refractivity contribution is 5.94. The zero-order chi connectivity index (χ0) is 11.5. The molecule has 0 atom stereocenters. The molecular formula is C11H14N4O. The van der Waals surface area contributed by atoms with E-state index in [0.29, 0.717) is 18.5 Å². The van der Waals surface area contributed by atoms with Crippen LogP contribution in [0.1, 0.15) is 22.7 Å². The predicted octanol–water partition coefficient (Wildman–Crippen LogP) is 0.969. The number of hydrogen-bond donors (Lipinski definition) is 0. The Kier molecular flexibility index (Phi) is 2.85. The Labute approximate surface area is 93.7 Å². The summed E-state index contributed by atoms with van der Waals surface area (Å²) in [4.78, 5) is 15.9. The first kappa shape index (κ1) is 10.6. The lowest BCUT2D eigenvalue weighted by Gasteiger charge is -1.99. The molecule has 0 aliphatic carbocycles. The third-order valence-corrected chi connectivity index (χ3v) is 2.50. The van der Waals surface area contributed by atoms with Gasteiger partial charge in [0.15, 0.2) is 5.78 Å². The van der Waals surface area contributed by atoms with Crippen molar-refractivity contribution in [1.29, 1.82) is 0 Å². The van der Waals surface area contributed by atoms with Crippen LogP contribution in [0.2, 0.25) is 0 Å². The van der Waals surface area contributed by atoms with Gasteiger partial charge in [0.25, 0.3) is 0 Å². The van der Waals surface area contributed by atoms with Gasteiger partial charge in [0, 0.05) is 45.5 Å². The smallest absolute Gasteiger partial charge is 0.183 e. The minimum Gasteiger partial charge on any atom is -0.338 e. The normalized spacial score (nSPS) is 10.6. The van der Waals surface area contributed by atoms with Crippen molar-refractivity contribution in [2.45, 2.75) is 12.8 Å². The van der Waals surface area contributed by atoms with Crippen molar-refractivity contribution in [2.24, 2.45) is 14.1 Å². The van der Waals surface area contributed by atoms with E-state index >= 15 is 0 Å². The Morgan fingerprint density at radius 2 is 2.19 bits per heavy atom. The second-order valence-corrected chi connectivity index (χ2v) is 3.75. The van der Waals surface area contributed by atoms with Gasteiger partial charge in [-0.1, -0.05) is 0 Å². The first-order chi connectivity index (χ1) is 7.66. The molecule has 0 saturated carbocycles. The lowest BCUT2D eigenvalue weighted by atomic mass is 10.1. The number of carbonyl (C=O) groups excluding carboxylic acids is 1. The van der Waals surface area contributed by atoms with E-state index < -0.39 is 0 Å². The van der Waals surface area contributed by atoms with Gasteiger partial charge < -0.3 is 4.57 Å². The van der Waals surface area contributed by atoms with Crippen molar-refractivity contribution in [3.8, 4) is 0 Å². The SMILES string of the molecule is Cn1ccc(C(=O)CCc2nccn2C)n1. The molecule has 5 heteroatoms. The minimum absolute atomic E-state index is 0.0589. The van der Waals surface area contributed by atoms with E-state index in [-0.39, 0.29) is 5.78 Å². The van der Waals surface area contributed by atoms with Crippen LogP contribution >= 0.6 is 0 Å². The summed E-state index contributed by atoms with van der Waals surface area (Å²) in [7, 11) is 3.73. The average molecular weight is 218 g/mol. The van der Waals surface area contributed by atoms with Crippen LogP contribution in [0.3, 0.4) is 0 Å². The van der Waals surface area contributed by atoms with Gasteiger partial charge in [0.1, 0.15) is 11.5 Å². The molecule has 0 N–H and O–H groups in total. The molecule has 16 heavy (non-hydrogen) atoms. The van der Waals surface area contributed by atoms with Gasteiger partial charge in [-0.25, -0.2) is 4.98 Å². The largest absolute Gasteiger partial charge is 0.338 e. The topological polar surface area (TPSA) is 52.7 Å². The minimum atomic E-state index is 0.0589. The summed E-state index contributed by atoms with van der Waals surface area (Å²) in [6.45, 7) is 0. The second kappa shape index (κ2) is 4.30. The fraction of sp³-hybridized carbons (Fsp3) is 0.364. The van der Waals surface area contributed by atoms with Crippen LogP contribution in [0.25, 0.3) is 0 Å². The highest BCUT2D eigenvalue weighted by atomic mass is 16.1. The van der Waals surface area contributed by atoms with E-state index in [0.717, 1.165) is 5.82 Å². The van der Waals surface area contributed by atoms with E-state index in [9.17, 15) is 4.79 Å². The number of aromatic nitrogens is 4. The van der Waals surface area contributed by atoms with Crippen molar-refractivity contribution in [1.82, 2.24) is 19.3 Å². The molecule has 0 unspecified atom stereocenters. The summed E-state index contributed by atoms with van der Waals surface area (Å²) in [5.74, 6) is 0.980. The first-order valence-corrected chi connectivity index (χ1v) is 5.16. The molecule has 84 valence electrons. The van der Waals surface area contributed by atoms with Crippen LogP contribution in [-0.4, -0.2) is 25.1 Å². The maximum atomic E-state index is 11.8. The van der Waals surface area contributed by atoms with Gasteiger partial charge in [-0.2, -0.15) is 5.10 Å². The van der Waals surface area contributed by atoms with Crippen molar-refractivity contribution >= 4 is 5.78 Å². The number of carbonyl (C=O) groups is 1. The molecule has 0 amide bonds. The lowest BCUT2D eigenvalue weighted by molar-refractivity contribution is 0.0976. The van der Waals surface area contributed by atoms with Crippen LogP contribution in [-0.2, 0) is 20.5 Å². The average Bonchev–Trinajstić information content (AvgIpc) is 2.84. The molecule has 0 radical (unpaired) electrons. The van der Waals surface area contributed by atoms with E-state index in [1.165, 1.54) is 0 Å². The Morgan fingerprint density at radius 1 is 1.38 bits per heavy atom. The maximum absolute atomic E-state index is 11.8. The zero-order valence-corrected chi connectivity index (χ0v) is 9.42. The van der Waals surface area contributed by atoms with E-state index in [4.69, 9.17) is 0 Å². The summed E-state index contributed by atoms with van der Waals surface area (Å²) in [6, 6.07) is 1.74. The quantitative estimate of drug-likeness (QED) is 0.718. The highest BCUT2D eigenvalue weighted by Crippen LogP contribution is 2.04. The molecule has 0 aromatic carbocycles. The van der Waals surface area contributed by atoms with E-state index in [1.807, 2.05) is 17.8 Å². The van der Waals surface area contributed by atoms with Crippen molar-refractivity contribution in [2.75, 3.05) is 0 Å². The Hall–Kier alpha value is -1.91. The lowest BCUT2D eigenvalue weighted by Crippen LogP contribution is -2.06. The van der Waals surface area contributed by atoms with Gasteiger partial charge in [0.2, 0.25) is 0 Å². The Morgan fingerprint density at radius 3 is 2.75 bits per heavy atom. The van der Waals surface area contributed by atoms with Crippen molar-refractivity contribution < 1.29 is 4.79 Å². The number of nitrogens with zero attached hydrogens (tertiary/aromatic N) is 4. The van der Waals surface area contributed by atoms with Crippen molar-refractivity contribution in [3.05, 3.63) is 36.2 Å². The number of ketones is 1. The van der Waals surface area contributed by atoms with Crippen molar-refractivity contribution in [3.63, 3.8) is 0 Å². The number of hydrogen-bond acceptors (Lipinski definition) is 3. The first-order valence-electron chi connectivity index (χ1n) is 5.16. The third-order valence-electron chi connectivity index (χ3n) is 2.50. The monoisotopic (exact) mass is 218 g/mol. The molecule has 0 spiro atoms. The molecule has 2 aromatic rings. The summed E-state index contributed by atoms with van der Waals surface area (Å²) in [5.41, 5.74) is 0.525. The number of imidazole rings is 1. The molecule has 2 heterocycles. The fourth-order valence-corrected chi connectivity index (χ4v) is 1.55. The molecule has 5 nitrogen and oxygen atoms in total. The molecule has 2 rings (SSSR count). The van der Waals surface area contributed by atoms with Crippen LogP contribution in [0, 0.1) is 0 Å². The molecule has 0 bridgehead atoms. The molecular weight excluding hydrogens is 204 g/mol. The summed E-state index contributed by atoms with van der Waals surface area (Å²) < 4.78 is 3.56. The second-order valence-electron chi connectivity index (χ2n) is 3.75. The Bertz CT molecular complexity index is 498. The maximum Gasteiger partial charge on any atom is 0.183 e. The zero-order valence-electron chi connectivity index (χ0n) is 9.42. The van der Waals surface area contributed by atoms with Gasteiger partial charge >= 0.3 is 0 Å². The van der Waals surface area contributed by atoms with Gasteiger partial charge in [-0.05, 0) is 6.07 Å². The predicted molar refractivity (Wildman–Crippen MR) is 59.1 cm³/mol. The van der Waals surface area contributed by atoms with Gasteiger partial charge in [0.05, 0.1) is 0 Å². The standard InChI is InChI=1S/C11H14N4O/c1-14-8-6-12-11(14)4-3-10(16)9-5-7-15(2)13-9/h5-8H,3-4H2,1-2H3. The number of aryl methyl sites for hydroxylation is 3.